The van der Waals surface area contributed by atoms with Gasteiger partial charge in [0.1, 0.15) is 5.82 Å². The molecule has 1 saturated heterocycles. The minimum Gasteiger partial charge on any atom is -0.339 e. The Kier molecular flexibility index (Phi) is 4.32. The molecule has 0 spiro atoms. The van der Waals surface area contributed by atoms with Gasteiger partial charge in [0, 0.05) is 13.1 Å². The van der Waals surface area contributed by atoms with E-state index in [-0.39, 0.29) is 22.6 Å². The van der Waals surface area contributed by atoms with Gasteiger partial charge in [0.2, 0.25) is 0 Å². The van der Waals surface area contributed by atoms with Gasteiger partial charge in [0.05, 0.1) is 12.1 Å². The van der Waals surface area contributed by atoms with E-state index in [9.17, 15) is 9.18 Å². The van der Waals surface area contributed by atoms with Crippen LogP contribution in [0.2, 0.25) is 0 Å². The maximum atomic E-state index is 13.9. The molecule has 1 aliphatic rings. The van der Waals surface area contributed by atoms with Crippen molar-refractivity contribution in [2.75, 3.05) is 13.1 Å². The summed E-state index contributed by atoms with van der Waals surface area (Å²) in [6.45, 7) is 14.9. The monoisotopic (exact) mass is 288 g/mol. The fourth-order valence-corrected chi connectivity index (χ4v) is 2.87. The van der Waals surface area contributed by atoms with Crippen molar-refractivity contribution < 1.29 is 9.18 Å². The first-order valence-corrected chi connectivity index (χ1v) is 7.29. The van der Waals surface area contributed by atoms with Crippen LogP contribution in [0.5, 0.6) is 0 Å². The number of likely N-dealkylation sites (tertiary alicyclic amines) is 1. The number of halogens is 1. The predicted molar refractivity (Wildman–Crippen MR) is 80.7 cm³/mol. The van der Waals surface area contributed by atoms with Crippen LogP contribution in [0.4, 0.5) is 10.1 Å². The molecule has 2 rings (SSSR count). The molecule has 1 amide bonds. The van der Waals surface area contributed by atoms with E-state index in [1.165, 1.54) is 12.1 Å². The molecule has 0 atom stereocenters. The lowest BCUT2D eigenvalue weighted by Gasteiger charge is -2.38. The van der Waals surface area contributed by atoms with E-state index in [0.29, 0.717) is 19.0 Å². The summed E-state index contributed by atoms with van der Waals surface area (Å²) in [4.78, 5) is 17.3. The number of nitrogens with zero attached hydrogens (tertiary/aromatic N) is 2. The molecule has 1 heterocycles. The quantitative estimate of drug-likeness (QED) is 0.708. The number of hydrogen-bond acceptors (Lipinski definition) is 1. The number of carbonyl (C=O) groups excluding carboxylic acids is 1. The zero-order chi connectivity index (χ0) is 15.6. The average Bonchev–Trinajstić information content (AvgIpc) is 2.45. The molecule has 0 saturated carbocycles. The number of benzene rings is 1. The molecule has 0 unspecified atom stereocenters. The van der Waals surface area contributed by atoms with Crippen molar-refractivity contribution in [3.63, 3.8) is 0 Å². The number of carbonyl (C=O) groups is 1. The van der Waals surface area contributed by atoms with Crippen LogP contribution in [-0.4, -0.2) is 23.9 Å². The van der Waals surface area contributed by atoms with Crippen LogP contribution in [0.3, 0.4) is 0 Å². The summed E-state index contributed by atoms with van der Waals surface area (Å²) < 4.78 is 13.9. The lowest BCUT2D eigenvalue weighted by molar-refractivity contribution is 0.0604. The van der Waals surface area contributed by atoms with Crippen molar-refractivity contribution in [2.24, 2.45) is 11.3 Å². The van der Waals surface area contributed by atoms with Crippen LogP contribution in [0, 0.1) is 23.7 Å². The number of hydrogen-bond donors (Lipinski definition) is 0. The van der Waals surface area contributed by atoms with E-state index in [1.807, 2.05) is 0 Å². The van der Waals surface area contributed by atoms with E-state index >= 15 is 0 Å². The van der Waals surface area contributed by atoms with Crippen LogP contribution in [0.1, 0.15) is 44.0 Å². The van der Waals surface area contributed by atoms with Crippen LogP contribution in [0.25, 0.3) is 4.85 Å². The topological polar surface area (TPSA) is 24.7 Å². The lowest BCUT2D eigenvalue weighted by atomic mass is 9.75. The Morgan fingerprint density at radius 2 is 1.95 bits per heavy atom. The van der Waals surface area contributed by atoms with Crippen LogP contribution in [0.15, 0.2) is 18.2 Å². The molecule has 1 fully saturated rings. The molecule has 3 nitrogen and oxygen atoms in total. The van der Waals surface area contributed by atoms with Gasteiger partial charge < -0.3 is 4.90 Å². The molecule has 1 aromatic rings. The second-order valence-electron chi connectivity index (χ2n) is 6.71. The van der Waals surface area contributed by atoms with E-state index in [4.69, 9.17) is 6.57 Å². The SMILES string of the molecule is [C-]#[N+]c1ccc(C(=O)N2CCC(C(C)(C)C)CC2)c(F)c1. The van der Waals surface area contributed by atoms with Crippen molar-refractivity contribution in [1.82, 2.24) is 4.90 Å². The van der Waals surface area contributed by atoms with Crippen molar-refractivity contribution in [1.29, 1.82) is 0 Å². The largest absolute Gasteiger partial charge is 0.339 e. The van der Waals surface area contributed by atoms with E-state index < -0.39 is 5.82 Å². The van der Waals surface area contributed by atoms with Crippen LogP contribution >= 0.6 is 0 Å². The first-order valence-electron chi connectivity index (χ1n) is 7.29. The molecule has 0 radical (unpaired) electrons. The highest BCUT2D eigenvalue weighted by Crippen LogP contribution is 2.34. The van der Waals surface area contributed by atoms with Gasteiger partial charge in [-0.1, -0.05) is 32.9 Å². The summed E-state index contributed by atoms with van der Waals surface area (Å²) in [6.07, 6.45) is 1.91. The molecule has 0 aliphatic carbocycles. The summed E-state index contributed by atoms with van der Waals surface area (Å²) in [6, 6.07) is 4.04. The smallest absolute Gasteiger partial charge is 0.256 e. The highest BCUT2D eigenvalue weighted by Gasteiger charge is 2.31. The normalized spacial score (nSPS) is 16.6. The molecular formula is C17H21FN2O. The second-order valence-corrected chi connectivity index (χ2v) is 6.71. The van der Waals surface area contributed by atoms with Gasteiger partial charge >= 0.3 is 0 Å². The summed E-state index contributed by atoms with van der Waals surface area (Å²) in [5.41, 5.74) is 0.532. The molecule has 21 heavy (non-hydrogen) atoms. The Labute approximate surface area is 125 Å². The van der Waals surface area contributed by atoms with Gasteiger partial charge in [0.15, 0.2) is 5.69 Å². The highest BCUT2D eigenvalue weighted by atomic mass is 19.1. The minimum atomic E-state index is -0.605. The summed E-state index contributed by atoms with van der Waals surface area (Å²) >= 11 is 0. The molecule has 4 heteroatoms. The molecule has 112 valence electrons. The maximum Gasteiger partial charge on any atom is 0.256 e. The first-order chi connectivity index (χ1) is 9.82. The maximum absolute atomic E-state index is 13.9. The third-order valence-electron chi connectivity index (χ3n) is 4.32. The Hall–Kier alpha value is -1.89. The fourth-order valence-electron chi connectivity index (χ4n) is 2.87. The predicted octanol–water partition coefficient (Wildman–Crippen LogP) is 4.27. The van der Waals surface area contributed by atoms with E-state index in [1.54, 1.807) is 4.90 Å². The molecule has 1 aliphatic heterocycles. The van der Waals surface area contributed by atoms with E-state index in [2.05, 4.69) is 25.6 Å². The molecule has 0 aromatic heterocycles. The fraction of sp³-hybridized carbons (Fsp3) is 0.529. The zero-order valence-electron chi connectivity index (χ0n) is 12.8. The van der Waals surface area contributed by atoms with Gasteiger partial charge in [-0.2, -0.15) is 0 Å². The third kappa shape index (κ3) is 3.41. The van der Waals surface area contributed by atoms with Crippen molar-refractivity contribution in [2.45, 2.75) is 33.6 Å². The van der Waals surface area contributed by atoms with Gasteiger partial charge in [-0.3, -0.25) is 4.79 Å². The lowest BCUT2D eigenvalue weighted by Crippen LogP contribution is -2.41. The highest BCUT2D eigenvalue weighted by molar-refractivity contribution is 5.95. The Morgan fingerprint density at radius 3 is 2.43 bits per heavy atom. The van der Waals surface area contributed by atoms with Crippen molar-refractivity contribution in [3.8, 4) is 0 Å². The van der Waals surface area contributed by atoms with Crippen molar-refractivity contribution >= 4 is 11.6 Å². The van der Waals surface area contributed by atoms with Crippen molar-refractivity contribution in [3.05, 3.63) is 41.0 Å². The molecule has 0 N–H and O–H groups in total. The zero-order valence-corrected chi connectivity index (χ0v) is 12.8. The first kappa shape index (κ1) is 15.5. The Bertz CT molecular complexity index is 575. The van der Waals surface area contributed by atoms with Gasteiger partial charge in [0.25, 0.3) is 5.91 Å². The summed E-state index contributed by atoms with van der Waals surface area (Å²) in [5.74, 6) is -0.279. The molecule has 0 bridgehead atoms. The average molecular weight is 288 g/mol. The molecular weight excluding hydrogens is 267 g/mol. The number of piperidine rings is 1. The molecule has 1 aromatic carbocycles. The Balaban J connectivity index is 2.08. The van der Waals surface area contributed by atoms with Crippen LogP contribution < -0.4 is 0 Å². The van der Waals surface area contributed by atoms with Gasteiger partial charge in [-0.25, -0.2) is 9.24 Å². The van der Waals surface area contributed by atoms with Gasteiger partial charge in [-0.15, -0.1) is 0 Å². The van der Waals surface area contributed by atoms with Gasteiger partial charge in [-0.05, 0) is 30.2 Å². The second kappa shape index (κ2) is 5.85. The standard InChI is InChI=1S/C17H21FN2O/c1-17(2,3)12-7-9-20(10-8-12)16(21)14-6-5-13(19-4)11-15(14)18/h5-6,11-12H,7-10H2,1-3H3. The number of amides is 1. The summed E-state index contributed by atoms with van der Waals surface area (Å²) in [7, 11) is 0. The number of rotatable bonds is 1. The third-order valence-corrected chi connectivity index (χ3v) is 4.32. The Morgan fingerprint density at radius 1 is 1.33 bits per heavy atom. The van der Waals surface area contributed by atoms with Crippen LogP contribution in [-0.2, 0) is 0 Å². The summed E-state index contributed by atoms with van der Waals surface area (Å²) in [5, 5.41) is 0. The van der Waals surface area contributed by atoms with E-state index in [0.717, 1.165) is 18.9 Å². The minimum absolute atomic E-state index is 0.0663.